The van der Waals surface area contributed by atoms with Gasteiger partial charge < -0.3 is 4.42 Å². The number of rotatable bonds is 3. The van der Waals surface area contributed by atoms with Crippen LogP contribution in [0.3, 0.4) is 0 Å². The van der Waals surface area contributed by atoms with E-state index in [1.807, 2.05) is 24.3 Å². The number of hydrogen-bond acceptors (Lipinski definition) is 4. The van der Waals surface area contributed by atoms with Crippen molar-refractivity contribution >= 4 is 10.0 Å². The molecule has 21 heavy (non-hydrogen) atoms. The van der Waals surface area contributed by atoms with Crippen LogP contribution < -0.4 is 5.14 Å². The van der Waals surface area contributed by atoms with Crippen LogP contribution in [0.2, 0.25) is 0 Å². The van der Waals surface area contributed by atoms with Crippen molar-refractivity contribution in [1.82, 2.24) is 4.98 Å². The molecule has 3 rings (SSSR count). The number of hydrogen-bond donors (Lipinski definition) is 1. The Hall–Kier alpha value is -2.44. The van der Waals surface area contributed by atoms with Gasteiger partial charge in [-0.15, -0.1) is 0 Å². The van der Waals surface area contributed by atoms with Crippen molar-refractivity contribution in [3.05, 3.63) is 61.0 Å². The first-order valence-corrected chi connectivity index (χ1v) is 7.73. The summed E-state index contributed by atoms with van der Waals surface area (Å²) in [6.07, 6.45) is 3.01. The van der Waals surface area contributed by atoms with Crippen LogP contribution in [0.1, 0.15) is 0 Å². The first kappa shape index (κ1) is 13.5. The van der Waals surface area contributed by atoms with Crippen LogP contribution >= 0.6 is 0 Å². The minimum atomic E-state index is -3.82. The van der Waals surface area contributed by atoms with Crippen molar-refractivity contribution in [1.29, 1.82) is 0 Å². The Morgan fingerprint density at radius 1 is 0.905 bits per heavy atom. The molecule has 6 heteroatoms. The van der Waals surface area contributed by atoms with Crippen LogP contribution in [-0.4, -0.2) is 13.4 Å². The van der Waals surface area contributed by atoms with E-state index in [0.29, 0.717) is 22.6 Å². The summed E-state index contributed by atoms with van der Waals surface area (Å²) in [4.78, 5) is 4.19. The summed E-state index contributed by atoms with van der Waals surface area (Å²) in [6.45, 7) is 0. The minimum Gasteiger partial charge on any atom is -0.445 e. The fraction of sp³-hybridized carbons (Fsp3) is 0. The lowest BCUT2D eigenvalue weighted by atomic mass is 9.99. The standard InChI is InChI=1S/C15H12N2O3S/c16-21(18,19)14-8-4-3-6-12(14)11-5-1-2-7-13(11)15-17-9-10-20-15/h1-10H,(H2,16,18,19). The summed E-state index contributed by atoms with van der Waals surface area (Å²) in [5.41, 5.74) is 1.93. The van der Waals surface area contributed by atoms with Gasteiger partial charge in [0.25, 0.3) is 0 Å². The molecule has 1 heterocycles. The molecule has 106 valence electrons. The summed E-state index contributed by atoms with van der Waals surface area (Å²) in [7, 11) is -3.82. The van der Waals surface area contributed by atoms with Crippen LogP contribution in [0, 0.1) is 0 Å². The van der Waals surface area contributed by atoms with Crippen LogP contribution in [0.15, 0.2) is 70.3 Å². The summed E-state index contributed by atoms with van der Waals surface area (Å²) in [5, 5.41) is 5.30. The van der Waals surface area contributed by atoms with Gasteiger partial charge in [0.2, 0.25) is 15.9 Å². The Labute approximate surface area is 122 Å². The molecule has 5 nitrogen and oxygen atoms in total. The second kappa shape index (κ2) is 5.16. The average molecular weight is 300 g/mol. The predicted molar refractivity (Wildman–Crippen MR) is 78.7 cm³/mol. The summed E-state index contributed by atoms with van der Waals surface area (Å²) in [5.74, 6) is 0.426. The molecule has 0 radical (unpaired) electrons. The van der Waals surface area contributed by atoms with E-state index in [2.05, 4.69) is 4.98 Å². The van der Waals surface area contributed by atoms with Crippen molar-refractivity contribution in [2.24, 2.45) is 5.14 Å². The summed E-state index contributed by atoms with van der Waals surface area (Å²) < 4.78 is 28.8. The van der Waals surface area contributed by atoms with E-state index in [4.69, 9.17) is 9.56 Å². The molecule has 0 bridgehead atoms. The smallest absolute Gasteiger partial charge is 0.238 e. The number of aromatic nitrogens is 1. The molecule has 0 saturated carbocycles. The normalized spacial score (nSPS) is 11.5. The Morgan fingerprint density at radius 2 is 1.52 bits per heavy atom. The highest BCUT2D eigenvalue weighted by Crippen LogP contribution is 2.34. The van der Waals surface area contributed by atoms with Gasteiger partial charge in [0, 0.05) is 11.1 Å². The zero-order chi connectivity index (χ0) is 14.9. The van der Waals surface area contributed by atoms with E-state index >= 15 is 0 Å². The highest BCUT2D eigenvalue weighted by atomic mass is 32.2. The third kappa shape index (κ3) is 2.58. The maximum atomic E-state index is 11.8. The van der Waals surface area contributed by atoms with Gasteiger partial charge in [0.05, 0.1) is 11.1 Å². The average Bonchev–Trinajstić information content (AvgIpc) is 3.00. The van der Waals surface area contributed by atoms with Gasteiger partial charge in [-0.25, -0.2) is 18.5 Å². The molecule has 1 aromatic heterocycles. The number of primary sulfonamides is 1. The SMILES string of the molecule is NS(=O)(=O)c1ccccc1-c1ccccc1-c1ncco1. The largest absolute Gasteiger partial charge is 0.445 e. The zero-order valence-electron chi connectivity index (χ0n) is 10.9. The Balaban J connectivity index is 2.29. The molecule has 2 aromatic carbocycles. The Bertz CT molecular complexity index is 871. The fourth-order valence-corrected chi connectivity index (χ4v) is 2.95. The predicted octanol–water partition coefficient (Wildman–Crippen LogP) is 2.66. The van der Waals surface area contributed by atoms with Gasteiger partial charge in [-0.2, -0.15) is 0 Å². The highest BCUT2D eigenvalue weighted by Gasteiger charge is 2.18. The van der Waals surface area contributed by atoms with E-state index < -0.39 is 10.0 Å². The summed E-state index contributed by atoms with van der Waals surface area (Å²) >= 11 is 0. The molecule has 0 fully saturated rings. The maximum Gasteiger partial charge on any atom is 0.238 e. The van der Waals surface area contributed by atoms with Gasteiger partial charge in [-0.1, -0.05) is 36.4 Å². The van der Waals surface area contributed by atoms with Crippen LogP contribution in [0.4, 0.5) is 0 Å². The number of nitrogens with two attached hydrogens (primary N) is 1. The molecule has 0 spiro atoms. The number of sulfonamides is 1. The van der Waals surface area contributed by atoms with Crippen molar-refractivity contribution in [2.45, 2.75) is 4.90 Å². The van der Waals surface area contributed by atoms with Crippen LogP contribution in [0.5, 0.6) is 0 Å². The molecule has 0 aliphatic heterocycles. The number of benzene rings is 2. The van der Waals surface area contributed by atoms with Crippen molar-refractivity contribution in [3.8, 4) is 22.6 Å². The molecule has 0 aliphatic carbocycles. The zero-order valence-corrected chi connectivity index (χ0v) is 11.7. The van der Waals surface area contributed by atoms with E-state index in [1.54, 1.807) is 18.2 Å². The molecule has 3 aromatic rings. The lowest BCUT2D eigenvalue weighted by molar-refractivity contribution is 0.574. The molecular weight excluding hydrogens is 288 g/mol. The van der Waals surface area contributed by atoms with Gasteiger partial charge >= 0.3 is 0 Å². The van der Waals surface area contributed by atoms with Crippen molar-refractivity contribution in [2.75, 3.05) is 0 Å². The van der Waals surface area contributed by atoms with Gasteiger partial charge in [0.15, 0.2) is 0 Å². The Kier molecular flexibility index (Phi) is 3.32. The van der Waals surface area contributed by atoms with Crippen LogP contribution in [-0.2, 0) is 10.0 Å². The van der Waals surface area contributed by atoms with Gasteiger partial charge in [-0.3, -0.25) is 0 Å². The fourth-order valence-electron chi connectivity index (χ4n) is 2.20. The van der Waals surface area contributed by atoms with E-state index in [0.717, 1.165) is 0 Å². The molecule has 0 amide bonds. The van der Waals surface area contributed by atoms with E-state index in [-0.39, 0.29) is 4.90 Å². The third-order valence-electron chi connectivity index (χ3n) is 3.07. The second-order valence-electron chi connectivity index (χ2n) is 4.42. The lowest BCUT2D eigenvalue weighted by Crippen LogP contribution is -2.13. The van der Waals surface area contributed by atoms with Crippen molar-refractivity contribution < 1.29 is 12.8 Å². The number of oxazole rings is 1. The molecule has 0 saturated heterocycles. The topological polar surface area (TPSA) is 86.2 Å². The molecule has 0 aliphatic rings. The van der Waals surface area contributed by atoms with Gasteiger partial charge in [-0.05, 0) is 17.7 Å². The molecule has 0 atom stereocenters. The third-order valence-corrected chi connectivity index (χ3v) is 4.04. The molecular formula is C15H12N2O3S. The Morgan fingerprint density at radius 3 is 2.14 bits per heavy atom. The van der Waals surface area contributed by atoms with Crippen molar-refractivity contribution in [3.63, 3.8) is 0 Å². The molecule has 0 unspecified atom stereocenters. The summed E-state index contributed by atoms with van der Waals surface area (Å²) in [6, 6.07) is 13.9. The molecule has 2 N–H and O–H groups in total. The lowest BCUT2D eigenvalue weighted by Gasteiger charge is -2.10. The monoisotopic (exact) mass is 300 g/mol. The quantitative estimate of drug-likeness (QED) is 0.805. The highest BCUT2D eigenvalue weighted by molar-refractivity contribution is 7.89. The minimum absolute atomic E-state index is 0.0732. The number of nitrogens with zero attached hydrogens (tertiary/aromatic N) is 1. The van der Waals surface area contributed by atoms with Crippen LogP contribution in [0.25, 0.3) is 22.6 Å². The van der Waals surface area contributed by atoms with E-state index in [9.17, 15) is 8.42 Å². The first-order chi connectivity index (χ1) is 10.1. The first-order valence-electron chi connectivity index (χ1n) is 6.18. The van der Waals surface area contributed by atoms with Gasteiger partial charge in [0.1, 0.15) is 6.26 Å². The maximum absolute atomic E-state index is 11.8. The second-order valence-corrected chi connectivity index (χ2v) is 5.95. The van der Waals surface area contributed by atoms with E-state index in [1.165, 1.54) is 18.5 Å².